The van der Waals surface area contributed by atoms with Crippen LogP contribution in [0, 0.1) is 12.7 Å². The third-order valence-corrected chi connectivity index (χ3v) is 5.94. The summed E-state index contributed by atoms with van der Waals surface area (Å²) in [5.41, 5.74) is 4.33. The van der Waals surface area contributed by atoms with Gasteiger partial charge in [-0.3, -0.25) is 9.59 Å². The molecule has 0 radical (unpaired) electrons. The van der Waals surface area contributed by atoms with Gasteiger partial charge in [-0.1, -0.05) is 24.3 Å². The SMILES string of the molecule is Cc1cc(CNC(=O)c2cc(C(=O)NC3CCc4ccc(-c5nn[nH]n5)cc43)ncn2)ccc1F. The standard InChI is InChI=1S/C24H21FN8O2/c1-13-8-14(2-6-18(13)25)11-26-23(34)20-10-21(28-12-27-20)24(35)29-19-7-5-15-3-4-16(9-17(15)19)22-30-32-33-31-22/h2-4,6,8-10,12,19H,5,7,11H2,1H3,(H,26,34)(H,29,35)(H,30,31,32,33). The zero-order valence-electron chi connectivity index (χ0n) is 18.7. The zero-order valence-corrected chi connectivity index (χ0v) is 18.7. The van der Waals surface area contributed by atoms with Crippen LogP contribution in [-0.4, -0.2) is 42.4 Å². The summed E-state index contributed by atoms with van der Waals surface area (Å²) in [6.07, 6.45) is 2.75. The van der Waals surface area contributed by atoms with Crippen molar-refractivity contribution in [2.75, 3.05) is 0 Å². The third-order valence-electron chi connectivity index (χ3n) is 5.94. The largest absolute Gasteiger partial charge is 0.347 e. The Morgan fingerprint density at radius 3 is 2.69 bits per heavy atom. The number of halogens is 1. The van der Waals surface area contributed by atoms with Crippen LogP contribution in [0.15, 0.2) is 48.8 Å². The second-order valence-corrected chi connectivity index (χ2v) is 8.27. The lowest BCUT2D eigenvalue weighted by Gasteiger charge is -2.14. The van der Waals surface area contributed by atoms with E-state index in [4.69, 9.17) is 0 Å². The van der Waals surface area contributed by atoms with Gasteiger partial charge in [0.05, 0.1) is 6.04 Å². The minimum atomic E-state index is -0.459. The van der Waals surface area contributed by atoms with Gasteiger partial charge in [-0.05, 0) is 59.4 Å². The first-order chi connectivity index (χ1) is 17.0. The number of aromatic amines is 1. The van der Waals surface area contributed by atoms with Gasteiger partial charge in [-0.25, -0.2) is 14.4 Å². The molecule has 176 valence electrons. The molecule has 10 nitrogen and oxygen atoms in total. The lowest BCUT2D eigenvalue weighted by molar-refractivity contribution is 0.0931. The van der Waals surface area contributed by atoms with Gasteiger partial charge in [0.1, 0.15) is 23.5 Å². The van der Waals surface area contributed by atoms with Crippen molar-refractivity contribution in [2.45, 2.75) is 32.4 Å². The fourth-order valence-electron chi connectivity index (χ4n) is 4.10. The highest BCUT2D eigenvalue weighted by molar-refractivity contribution is 5.97. The number of amides is 2. The van der Waals surface area contributed by atoms with Gasteiger partial charge in [0.25, 0.3) is 11.8 Å². The number of fused-ring (bicyclic) bond motifs is 1. The van der Waals surface area contributed by atoms with E-state index in [-0.39, 0.29) is 29.8 Å². The van der Waals surface area contributed by atoms with Crippen LogP contribution in [0.1, 0.15) is 55.7 Å². The molecule has 5 rings (SSSR count). The van der Waals surface area contributed by atoms with Crippen molar-refractivity contribution < 1.29 is 14.0 Å². The molecule has 11 heteroatoms. The van der Waals surface area contributed by atoms with E-state index in [1.165, 1.54) is 18.5 Å². The smallest absolute Gasteiger partial charge is 0.270 e. The fraction of sp³-hybridized carbons (Fsp3) is 0.208. The van der Waals surface area contributed by atoms with Crippen molar-refractivity contribution >= 4 is 11.8 Å². The highest BCUT2D eigenvalue weighted by Gasteiger charge is 2.26. The van der Waals surface area contributed by atoms with E-state index in [0.29, 0.717) is 11.4 Å². The van der Waals surface area contributed by atoms with E-state index >= 15 is 0 Å². The van der Waals surface area contributed by atoms with Gasteiger partial charge in [-0.15, -0.1) is 10.2 Å². The molecular formula is C24H21FN8O2. The van der Waals surface area contributed by atoms with Gasteiger partial charge in [0, 0.05) is 18.2 Å². The van der Waals surface area contributed by atoms with Crippen molar-refractivity contribution in [3.05, 3.63) is 88.3 Å². The van der Waals surface area contributed by atoms with Crippen LogP contribution in [0.3, 0.4) is 0 Å². The van der Waals surface area contributed by atoms with Gasteiger partial charge in [-0.2, -0.15) is 5.21 Å². The number of aromatic nitrogens is 6. The number of benzene rings is 2. The summed E-state index contributed by atoms with van der Waals surface area (Å²) in [4.78, 5) is 33.5. The molecule has 3 N–H and O–H groups in total. The highest BCUT2D eigenvalue weighted by atomic mass is 19.1. The van der Waals surface area contributed by atoms with Crippen molar-refractivity contribution in [2.24, 2.45) is 0 Å². The number of rotatable bonds is 6. The summed E-state index contributed by atoms with van der Waals surface area (Å²) in [5.74, 6) is -0.688. The highest BCUT2D eigenvalue weighted by Crippen LogP contribution is 2.33. The third kappa shape index (κ3) is 4.74. The number of tetrazole rings is 1. The topological polar surface area (TPSA) is 138 Å². The Hall–Kier alpha value is -4.54. The monoisotopic (exact) mass is 472 g/mol. The lowest BCUT2D eigenvalue weighted by atomic mass is 10.0. The number of H-pyrrole nitrogens is 1. The molecule has 0 bridgehead atoms. The van der Waals surface area contributed by atoms with E-state index in [9.17, 15) is 14.0 Å². The summed E-state index contributed by atoms with van der Waals surface area (Å²) in [6, 6.07) is 11.7. The second-order valence-electron chi connectivity index (χ2n) is 8.27. The molecule has 1 aliphatic carbocycles. The Morgan fingerprint density at radius 1 is 1.09 bits per heavy atom. The number of carbonyl (C=O) groups is 2. The summed E-state index contributed by atoms with van der Waals surface area (Å²) < 4.78 is 13.4. The van der Waals surface area contributed by atoms with Crippen LogP contribution in [0.2, 0.25) is 0 Å². The van der Waals surface area contributed by atoms with Crippen LogP contribution >= 0.6 is 0 Å². The quantitative estimate of drug-likeness (QED) is 0.392. The molecule has 2 amide bonds. The van der Waals surface area contributed by atoms with E-state index in [1.807, 2.05) is 18.2 Å². The van der Waals surface area contributed by atoms with Gasteiger partial charge < -0.3 is 10.6 Å². The molecule has 1 aliphatic rings. The normalized spacial score (nSPS) is 14.4. The average molecular weight is 472 g/mol. The Morgan fingerprint density at radius 2 is 1.91 bits per heavy atom. The maximum Gasteiger partial charge on any atom is 0.270 e. The lowest BCUT2D eigenvalue weighted by Crippen LogP contribution is -2.29. The molecular weight excluding hydrogens is 451 g/mol. The van der Waals surface area contributed by atoms with Gasteiger partial charge >= 0.3 is 0 Å². The second kappa shape index (κ2) is 9.37. The summed E-state index contributed by atoms with van der Waals surface area (Å²) >= 11 is 0. The maximum atomic E-state index is 13.4. The summed E-state index contributed by atoms with van der Waals surface area (Å²) in [5, 5.41) is 19.8. The predicted molar refractivity (Wildman–Crippen MR) is 122 cm³/mol. The van der Waals surface area contributed by atoms with Gasteiger partial charge in [0.2, 0.25) is 5.82 Å². The van der Waals surface area contributed by atoms with E-state index < -0.39 is 11.8 Å². The number of hydrogen-bond donors (Lipinski definition) is 3. The molecule has 0 spiro atoms. The summed E-state index contributed by atoms with van der Waals surface area (Å²) in [7, 11) is 0. The fourth-order valence-corrected chi connectivity index (χ4v) is 4.10. The first kappa shape index (κ1) is 22.3. The first-order valence-corrected chi connectivity index (χ1v) is 11.0. The Bertz CT molecular complexity index is 1410. The molecule has 2 heterocycles. The first-order valence-electron chi connectivity index (χ1n) is 11.0. The Kier molecular flexibility index (Phi) is 5.96. The maximum absolute atomic E-state index is 13.4. The van der Waals surface area contributed by atoms with Gasteiger partial charge in [0.15, 0.2) is 0 Å². The Labute approximate surface area is 199 Å². The van der Waals surface area contributed by atoms with Crippen molar-refractivity contribution in [1.82, 2.24) is 41.2 Å². The van der Waals surface area contributed by atoms with Crippen LogP contribution in [0.25, 0.3) is 11.4 Å². The molecule has 0 aliphatic heterocycles. The van der Waals surface area contributed by atoms with Crippen molar-refractivity contribution in [3.8, 4) is 11.4 Å². The molecule has 2 aromatic carbocycles. The molecule has 35 heavy (non-hydrogen) atoms. The number of aryl methyl sites for hydroxylation is 2. The van der Waals surface area contributed by atoms with E-state index in [1.54, 1.807) is 19.1 Å². The number of hydrogen-bond acceptors (Lipinski definition) is 7. The number of nitrogens with one attached hydrogen (secondary N) is 3. The minimum Gasteiger partial charge on any atom is -0.347 e. The number of nitrogens with zero attached hydrogens (tertiary/aromatic N) is 5. The zero-order chi connectivity index (χ0) is 24.4. The predicted octanol–water partition coefficient (Wildman–Crippen LogP) is 2.45. The van der Waals surface area contributed by atoms with E-state index in [0.717, 1.165) is 35.1 Å². The molecule has 4 aromatic rings. The van der Waals surface area contributed by atoms with Crippen LogP contribution in [-0.2, 0) is 13.0 Å². The minimum absolute atomic E-state index is 0.0650. The molecule has 2 aromatic heterocycles. The molecule has 1 unspecified atom stereocenters. The van der Waals surface area contributed by atoms with E-state index in [2.05, 4.69) is 41.2 Å². The molecule has 0 fully saturated rings. The summed E-state index contributed by atoms with van der Waals surface area (Å²) in [6.45, 7) is 1.86. The molecule has 0 saturated heterocycles. The Balaban J connectivity index is 1.26. The van der Waals surface area contributed by atoms with Crippen LogP contribution in [0.4, 0.5) is 4.39 Å². The van der Waals surface area contributed by atoms with Crippen LogP contribution < -0.4 is 10.6 Å². The van der Waals surface area contributed by atoms with Crippen molar-refractivity contribution in [3.63, 3.8) is 0 Å². The average Bonchev–Trinajstić information content (AvgIpc) is 3.55. The molecule has 1 atom stereocenters. The van der Waals surface area contributed by atoms with Crippen LogP contribution in [0.5, 0.6) is 0 Å². The number of carbonyl (C=O) groups excluding carboxylic acids is 2. The van der Waals surface area contributed by atoms with Crippen molar-refractivity contribution in [1.29, 1.82) is 0 Å². The molecule has 0 saturated carbocycles.